The standard InChI is InChI=1S/C12H18F3N3O/c1-2-18-10(3-6-16-18)9-17-7-4-11(19,5-8-17)12(13,14)15/h3,6,19H,2,4-5,7-9H2,1H3. The van der Waals surface area contributed by atoms with Crippen molar-refractivity contribution in [1.82, 2.24) is 14.7 Å². The van der Waals surface area contributed by atoms with Crippen LogP contribution in [0.5, 0.6) is 0 Å². The fourth-order valence-corrected chi connectivity index (χ4v) is 2.37. The molecule has 2 heterocycles. The summed E-state index contributed by atoms with van der Waals surface area (Å²) >= 11 is 0. The first-order valence-corrected chi connectivity index (χ1v) is 6.38. The van der Waals surface area contributed by atoms with E-state index in [4.69, 9.17) is 0 Å². The largest absolute Gasteiger partial charge is 0.417 e. The summed E-state index contributed by atoms with van der Waals surface area (Å²) in [5.74, 6) is 0. The Labute approximate surface area is 109 Å². The predicted molar refractivity (Wildman–Crippen MR) is 63.4 cm³/mol. The molecule has 19 heavy (non-hydrogen) atoms. The molecule has 7 heteroatoms. The van der Waals surface area contributed by atoms with Crippen LogP contribution in [0.25, 0.3) is 0 Å². The quantitative estimate of drug-likeness (QED) is 0.916. The summed E-state index contributed by atoms with van der Waals surface area (Å²) in [5, 5.41) is 13.7. The molecule has 0 spiro atoms. The van der Waals surface area contributed by atoms with E-state index in [1.165, 1.54) is 0 Å². The number of aryl methyl sites for hydroxylation is 1. The summed E-state index contributed by atoms with van der Waals surface area (Å²) in [4.78, 5) is 1.92. The van der Waals surface area contributed by atoms with Crippen molar-refractivity contribution in [1.29, 1.82) is 0 Å². The minimum absolute atomic E-state index is 0.241. The molecule has 0 radical (unpaired) electrons. The van der Waals surface area contributed by atoms with Gasteiger partial charge in [-0.15, -0.1) is 0 Å². The number of aliphatic hydroxyl groups is 1. The molecular formula is C12H18F3N3O. The lowest BCUT2D eigenvalue weighted by Gasteiger charge is -2.39. The van der Waals surface area contributed by atoms with Crippen LogP contribution in [0, 0.1) is 0 Å². The first kappa shape index (κ1) is 14.3. The van der Waals surface area contributed by atoms with Crippen molar-refractivity contribution in [2.24, 2.45) is 0 Å². The van der Waals surface area contributed by atoms with Gasteiger partial charge < -0.3 is 5.11 Å². The van der Waals surface area contributed by atoms with Gasteiger partial charge in [-0.3, -0.25) is 9.58 Å². The van der Waals surface area contributed by atoms with Crippen LogP contribution in [0.1, 0.15) is 25.5 Å². The fraction of sp³-hybridized carbons (Fsp3) is 0.750. The van der Waals surface area contributed by atoms with Crippen LogP contribution in [0.4, 0.5) is 13.2 Å². The maximum absolute atomic E-state index is 12.7. The highest BCUT2D eigenvalue weighted by molar-refractivity contribution is 5.01. The Morgan fingerprint density at radius 2 is 2.00 bits per heavy atom. The Bertz CT molecular complexity index is 422. The predicted octanol–water partition coefficient (Wildman–Crippen LogP) is 1.79. The van der Waals surface area contributed by atoms with Crippen LogP contribution < -0.4 is 0 Å². The van der Waals surface area contributed by atoms with Crippen LogP contribution in [0.3, 0.4) is 0 Å². The van der Waals surface area contributed by atoms with Gasteiger partial charge in [-0.05, 0) is 25.8 Å². The molecule has 1 aliphatic rings. The van der Waals surface area contributed by atoms with E-state index in [0.717, 1.165) is 12.2 Å². The van der Waals surface area contributed by atoms with E-state index in [2.05, 4.69) is 5.10 Å². The van der Waals surface area contributed by atoms with Gasteiger partial charge >= 0.3 is 6.18 Å². The lowest BCUT2D eigenvalue weighted by molar-refractivity contribution is -0.272. The molecule has 0 unspecified atom stereocenters. The number of aromatic nitrogens is 2. The summed E-state index contributed by atoms with van der Waals surface area (Å²) in [6.45, 7) is 3.76. The summed E-state index contributed by atoms with van der Waals surface area (Å²) in [5.41, 5.74) is -1.53. The Morgan fingerprint density at radius 3 is 2.53 bits per heavy atom. The third-order valence-electron chi connectivity index (χ3n) is 3.70. The van der Waals surface area contributed by atoms with Crippen molar-refractivity contribution in [3.63, 3.8) is 0 Å². The molecule has 1 aromatic heterocycles. The van der Waals surface area contributed by atoms with Gasteiger partial charge in [-0.1, -0.05) is 0 Å². The second kappa shape index (κ2) is 5.13. The van der Waals surface area contributed by atoms with E-state index in [9.17, 15) is 18.3 Å². The van der Waals surface area contributed by atoms with Gasteiger partial charge in [0.15, 0.2) is 5.60 Å². The molecule has 0 amide bonds. The minimum atomic E-state index is -4.54. The zero-order valence-corrected chi connectivity index (χ0v) is 10.8. The van der Waals surface area contributed by atoms with E-state index in [1.54, 1.807) is 6.20 Å². The molecule has 2 rings (SSSR count). The molecule has 0 aromatic carbocycles. The molecule has 1 N–H and O–H groups in total. The Kier molecular flexibility index (Phi) is 3.87. The molecule has 0 atom stereocenters. The second-order valence-electron chi connectivity index (χ2n) is 4.94. The highest BCUT2D eigenvalue weighted by Gasteiger charge is 2.54. The van der Waals surface area contributed by atoms with Crippen molar-refractivity contribution in [2.45, 2.75) is 44.6 Å². The Balaban J connectivity index is 1.94. The normalized spacial score (nSPS) is 20.7. The average Bonchev–Trinajstić information content (AvgIpc) is 2.78. The number of piperidine rings is 1. The minimum Gasteiger partial charge on any atom is -0.380 e. The van der Waals surface area contributed by atoms with Crippen LogP contribution in [-0.2, 0) is 13.1 Å². The first-order valence-electron chi connectivity index (χ1n) is 6.38. The van der Waals surface area contributed by atoms with Gasteiger partial charge in [0.2, 0.25) is 0 Å². The molecule has 1 fully saturated rings. The van der Waals surface area contributed by atoms with E-state index in [1.807, 2.05) is 22.6 Å². The van der Waals surface area contributed by atoms with Crippen molar-refractivity contribution in [2.75, 3.05) is 13.1 Å². The maximum atomic E-state index is 12.7. The summed E-state index contributed by atoms with van der Waals surface area (Å²) in [7, 11) is 0. The topological polar surface area (TPSA) is 41.3 Å². The maximum Gasteiger partial charge on any atom is 0.417 e. The monoisotopic (exact) mass is 277 g/mol. The van der Waals surface area contributed by atoms with Crippen LogP contribution in [0.2, 0.25) is 0 Å². The van der Waals surface area contributed by atoms with Gasteiger partial charge in [0.1, 0.15) is 0 Å². The number of alkyl halides is 3. The molecule has 4 nitrogen and oxygen atoms in total. The zero-order chi connectivity index (χ0) is 14.1. The van der Waals surface area contributed by atoms with Gasteiger partial charge in [0.05, 0.1) is 5.69 Å². The number of rotatable bonds is 3. The van der Waals surface area contributed by atoms with E-state index in [-0.39, 0.29) is 25.9 Å². The third kappa shape index (κ3) is 2.92. The van der Waals surface area contributed by atoms with Crippen molar-refractivity contribution in [3.8, 4) is 0 Å². The van der Waals surface area contributed by atoms with Crippen molar-refractivity contribution < 1.29 is 18.3 Å². The van der Waals surface area contributed by atoms with Crippen molar-refractivity contribution in [3.05, 3.63) is 18.0 Å². The van der Waals surface area contributed by atoms with E-state index >= 15 is 0 Å². The zero-order valence-electron chi connectivity index (χ0n) is 10.8. The molecule has 1 saturated heterocycles. The van der Waals surface area contributed by atoms with Crippen LogP contribution >= 0.6 is 0 Å². The lowest BCUT2D eigenvalue weighted by Crippen LogP contribution is -2.53. The Morgan fingerprint density at radius 1 is 1.37 bits per heavy atom. The van der Waals surface area contributed by atoms with Crippen molar-refractivity contribution >= 4 is 0 Å². The van der Waals surface area contributed by atoms with Gasteiger partial charge in [-0.25, -0.2) is 0 Å². The molecular weight excluding hydrogens is 259 g/mol. The van der Waals surface area contributed by atoms with Crippen LogP contribution in [0.15, 0.2) is 12.3 Å². The van der Waals surface area contributed by atoms with Gasteiger partial charge in [0, 0.05) is 32.4 Å². The average molecular weight is 277 g/mol. The Hall–Kier alpha value is -1.08. The highest BCUT2D eigenvalue weighted by atomic mass is 19.4. The number of nitrogens with zero attached hydrogens (tertiary/aromatic N) is 3. The summed E-state index contributed by atoms with van der Waals surface area (Å²) < 4.78 is 39.8. The molecule has 1 aliphatic heterocycles. The summed E-state index contributed by atoms with van der Waals surface area (Å²) in [6.07, 6.45) is -3.38. The summed E-state index contributed by atoms with van der Waals surface area (Å²) in [6, 6.07) is 1.87. The lowest BCUT2D eigenvalue weighted by atomic mass is 9.91. The number of halogens is 3. The molecule has 108 valence electrons. The smallest absolute Gasteiger partial charge is 0.380 e. The molecule has 0 bridgehead atoms. The third-order valence-corrected chi connectivity index (χ3v) is 3.70. The molecule has 1 aromatic rings. The molecule has 0 aliphatic carbocycles. The second-order valence-corrected chi connectivity index (χ2v) is 4.94. The first-order chi connectivity index (χ1) is 8.86. The fourth-order valence-electron chi connectivity index (χ4n) is 2.37. The van der Waals surface area contributed by atoms with Gasteiger partial charge in [-0.2, -0.15) is 18.3 Å². The number of likely N-dealkylation sites (tertiary alicyclic amines) is 1. The van der Waals surface area contributed by atoms with Gasteiger partial charge in [0.25, 0.3) is 0 Å². The van der Waals surface area contributed by atoms with E-state index < -0.39 is 11.8 Å². The highest BCUT2D eigenvalue weighted by Crippen LogP contribution is 2.38. The number of hydrogen-bond donors (Lipinski definition) is 1. The number of hydrogen-bond acceptors (Lipinski definition) is 3. The molecule has 0 saturated carbocycles. The SMILES string of the molecule is CCn1nccc1CN1CCC(O)(C(F)(F)F)CC1. The van der Waals surface area contributed by atoms with Crippen LogP contribution in [-0.4, -0.2) is 44.7 Å². The van der Waals surface area contributed by atoms with E-state index in [0.29, 0.717) is 6.54 Å².